The molecule has 0 spiro atoms. The summed E-state index contributed by atoms with van der Waals surface area (Å²) in [5.74, 6) is 0. The number of aryl methyl sites for hydroxylation is 2. The molecule has 0 radical (unpaired) electrons. The Morgan fingerprint density at radius 1 is 1.41 bits per heavy atom. The van der Waals surface area contributed by atoms with Crippen molar-refractivity contribution in [3.8, 4) is 11.3 Å². The van der Waals surface area contributed by atoms with Crippen molar-refractivity contribution in [2.45, 2.75) is 13.8 Å². The van der Waals surface area contributed by atoms with Gasteiger partial charge in [-0.2, -0.15) is 0 Å². The van der Waals surface area contributed by atoms with Crippen LogP contribution in [0.15, 0.2) is 11.4 Å². The van der Waals surface area contributed by atoms with Gasteiger partial charge < -0.3 is 0 Å². The number of hydrogen-bond donors (Lipinski definition) is 0. The van der Waals surface area contributed by atoms with E-state index in [1.807, 2.05) is 12.3 Å². The van der Waals surface area contributed by atoms with Gasteiger partial charge in [0, 0.05) is 10.4 Å². The molecule has 0 aromatic carbocycles. The quantitative estimate of drug-likeness (QED) is 0.476. The molecular formula is C10H8ClN3O2S. The standard InChI is InChI=1S/C10H8ClN3O2S/c1-5-9(14(15)16)8(13-10(11)12-5)7-3-4-17-6(7)2/h3-4H,1-2H3. The fourth-order valence-corrected chi connectivity index (χ4v) is 2.48. The van der Waals surface area contributed by atoms with Gasteiger partial charge in [-0.1, -0.05) is 0 Å². The van der Waals surface area contributed by atoms with Crippen molar-refractivity contribution in [3.05, 3.63) is 37.4 Å². The SMILES string of the molecule is Cc1nc(Cl)nc(-c2ccsc2C)c1[N+](=O)[O-]. The van der Waals surface area contributed by atoms with Crippen LogP contribution in [-0.4, -0.2) is 14.9 Å². The molecule has 0 aliphatic rings. The van der Waals surface area contributed by atoms with Gasteiger partial charge in [0.1, 0.15) is 5.69 Å². The van der Waals surface area contributed by atoms with Gasteiger partial charge in [0.25, 0.3) is 0 Å². The van der Waals surface area contributed by atoms with Gasteiger partial charge in [-0.05, 0) is 36.9 Å². The number of nitrogens with zero attached hydrogens (tertiary/aromatic N) is 3. The maximum Gasteiger partial charge on any atom is 0.316 e. The summed E-state index contributed by atoms with van der Waals surface area (Å²) >= 11 is 7.26. The summed E-state index contributed by atoms with van der Waals surface area (Å²) in [7, 11) is 0. The van der Waals surface area contributed by atoms with E-state index >= 15 is 0 Å². The predicted octanol–water partition coefficient (Wildman–Crippen LogP) is 3.38. The minimum Gasteiger partial charge on any atom is -0.258 e. The number of halogens is 1. The lowest BCUT2D eigenvalue weighted by molar-refractivity contribution is -0.385. The Hall–Kier alpha value is -1.53. The van der Waals surface area contributed by atoms with E-state index < -0.39 is 4.92 Å². The van der Waals surface area contributed by atoms with Crippen LogP contribution in [-0.2, 0) is 0 Å². The molecule has 5 nitrogen and oxygen atoms in total. The highest BCUT2D eigenvalue weighted by molar-refractivity contribution is 7.10. The molecule has 7 heteroatoms. The zero-order chi connectivity index (χ0) is 12.6. The van der Waals surface area contributed by atoms with Gasteiger partial charge in [-0.25, -0.2) is 9.97 Å². The zero-order valence-electron chi connectivity index (χ0n) is 9.10. The lowest BCUT2D eigenvalue weighted by Gasteiger charge is -2.04. The normalized spacial score (nSPS) is 10.5. The summed E-state index contributed by atoms with van der Waals surface area (Å²) in [5.41, 5.74) is 1.20. The third-order valence-electron chi connectivity index (χ3n) is 2.33. The van der Waals surface area contributed by atoms with Crippen LogP contribution in [0.3, 0.4) is 0 Å². The lowest BCUT2D eigenvalue weighted by Crippen LogP contribution is -2.01. The van der Waals surface area contributed by atoms with E-state index in [-0.39, 0.29) is 22.4 Å². The van der Waals surface area contributed by atoms with Crippen LogP contribution in [0.2, 0.25) is 5.28 Å². The van der Waals surface area contributed by atoms with Gasteiger partial charge in [0.05, 0.1) is 4.92 Å². The number of hydrogen-bond acceptors (Lipinski definition) is 5. The van der Waals surface area contributed by atoms with Crippen molar-refractivity contribution in [2.75, 3.05) is 0 Å². The van der Waals surface area contributed by atoms with E-state index in [9.17, 15) is 10.1 Å². The fourth-order valence-electron chi connectivity index (χ4n) is 1.57. The molecule has 17 heavy (non-hydrogen) atoms. The molecule has 0 N–H and O–H groups in total. The van der Waals surface area contributed by atoms with Crippen LogP contribution in [0.25, 0.3) is 11.3 Å². The summed E-state index contributed by atoms with van der Waals surface area (Å²) in [4.78, 5) is 19.3. The van der Waals surface area contributed by atoms with E-state index in [1.165, 1.54) is 11.3 Å². The second-order valence-corrected chi connectivity index (χ2v) is 4.88. The van der Waals surface area contributed by atoms with Crippen molar-refractivity contribution < 1.29 is 4.92 Å². The minimum absolute atomic E-state index is 0.0219. The molecule has 0 unspecified atom stereocenters. The number of aromatic nitrogens is 2. The first-order valence-electron chi connectivity index (χ1n) is 4.73. The van der Waals surface area contributed by atoms with E-state index in [2.05, 4.69) is 9.97 Å². The van der Waals surface area contributed by atoms with E-state index in [0.29, 0.717) is 0 Å². The average Bonchev–Trinajstić information content (AvgIpc) is 2.62. The largest absolute Gasteiger partial charge is 0.316 e. The van der Waals surface area contributed by atoms with Crippen molar-refractivity contribution in [1.29, 1.82) is 0 Å². The van der Waals surface area contributed by atoms with Crippen LogP contribution in [0.5, 0.6) is 0 Å². The maximum atomic E-state index is 11.0. The molecule has 0 bridgehead atoms. The molecule has 0 aliphatic heterocycles. The molecule has 0 fully saturated rings. The van der Waals surface area contributed by atoms with Gasteiger partial charge in [-0.15, -0.1) is 11.3 Å². The molecule has 2 aromatic heterocycles. The minimum atomic E-state index is -0.474. The Labute approximate surface area is 106 Å². The first kappa shape index (κ1) is 11.9. The summed E-state index contributed by atoms with van der Waals surface area (Å²) < 4.78 is 0. The molecule has 0 aliphatic carbocycles. The molecule has 2 heterocycles. The highest BCUT2D eigenvalue weighted by atomic mass is 35.5. The first-order chi connectivity index (χ1) is 8.00. The third-order valence-corrected chi connectivity index (χ3v) is 3.34. The average molecular weight is 270 g/mol. The van der Waals surface area contributed by atoms with Gasteiger partial charge in [0.15, 0.2) is 5.69 Å². The second kappa shape index (κ2) is 4.38. The van der Waals surface area contributed by atoms with Crippen LogP contribution >= 0.6 is 22.9 Å². The van der Waals surface area contributed by atoms with Gasteiger partial charge >= 0.3 is 5.69 Å². The van der Waals surface area contributed by atoms with E-state index in [1.54, 1.807) is 13.0 Å². The zero-order valence-corrected chi connectivity index (χ0v) is 10.7. The third kappa shape index (κ3) is 2.13. The van der Waals surface area contributed by atoms with Crippen molar-refractivity contribution in [3.63, 3.8) is 0 Å². The maximum absolute atomic E-state index is 11.0. The van der Waals surface area contributed by atoms with Crippen LogP contribution in [0.4, 0.5) is 5.69 Å². The number of thiophene rings is 1. The topological polar surface area (TPSA) is 68.9 Å². The smallest absolute Gasteiger partial charge is 0.258 e. The van der Waals surface area contributed by atoms with E-state index in [0.717, 1.165) is 10.4 Å². The van der Waals surface area contributed by atoms with E-state index in [4.69, 9.17) is 11.6 Å². The molecular weight excluding hydrogens is 262 g/mol. The molecule has 0 saturated heterocycles. The Morgan fingerprint density at radius 3 is 2.65 bits per heavy atom. The fraction of sp³-hybridized carbons (Fsp3) is 0.200. The van der Waals surface area contributed by atoms with Crippen LogP contribution < -0.4 is 0 Å². The monoisotopic (exact) mass is 269 g/mol. The molecule has 0 atom stereocenters. The summed E-state index contributed by atoms with van der Waals surface area (Å²) in [6.07, 6.45) is 0. The van der Waals surface area contributed by atoms with Crippen LogP contribution in [0.1, 0.15) is 10.6 Å². The Balaban J connectivity index is 2.76. The number of rotatable bonds is 2. The number of nitro groups is 1. The molecule has 2 rings (SSSR count). The molecule has 0 amide bonds. The first-order valence-corrected chi connectivity index (χ1v) is 5.99. The Morgan fingerprint density at radius 2 is 2.12 bits per heavy atom. The second-order valence-electron chi connectivity index (χ2n) is 3.42. The summed E-state index contributed by atoms with van der Waals surface area (Å²) in [6, 6.07) is 1.80. The molecule has 0 saturated carbocycles. The van der Waals surface area contributed by atoms with Crippen molar-refractivity contribution in [2.24, 2.45) is 0 Å². The van der Waals surface area contributed by atoms with Crippen molar-refractivity contribution in [1.82, 2.24) is 9.97 Å². The molecule has 2 aromatic rings. The lowest BCUT2D eigenvalue weighted by atomic mass is 10.1. The summed E-state index contributed by atoms with van der Waals surface area (Å²) in [5, 5.41) is 12.9. The van der Waals surface area contributed by atoms with Gasteiger partial charge in [-0.3, -0.25) is 10.1 Å². The Bertz CT molecular complexity index is 597. The van der Waals surface area contributed by atoms with Crippen molar-refractivity contribution >= 4 is 28.6 Å². The van der Waals surface area contributed by atoms with Crippen LogP contribution in [0, 0.1) is 24.0 Å². The highest BCUT2D eigenvalue weighted by Gasteiger charge is 2.24. The predicted molar refractivity (Wildman–Crippen MR) is 66.5 cm³/mol. The van der Waals surface area contributed by atoms with Gasteiger partial charge in [0.2, 0.25) is 5.28 Å². The molecule has 88 valence electrons. The Kier molecular flexibility index (Phi) is 3.08. The summed E-state index contributed by atoms with van der Waals surface area (Å²) in [6.45, 7) is 3.44. The highest BCUT2D eigenvalue weighted by Crippen LogP contribution is 2.34.